The second-order valence-corrected chi connectivity index (χ2v) is 6.07. The lowest BCUT2D eigenvalue weighted by atomic mass is 10.1. The number of carboxylic acids is 1. The van der Waals surface area contributed by atoms with Crippen LogP contribution in [0.5, 0.6) is 0 Å². The van der Waals surface area contributed by atoms with Crippen LogP contribution in [0.15, 0.2) is 29.2 Å². The number of carbonyl (C=O) groups is 2. The molecule has 0 aliphatic heterocycles. The number of hydrogen-bond donors (Lipinski definition) is 3. The van der Waals surface area contributed by atoms with E-state index in [0.29, 0.717) is 0 Å². The number of hydrogen-bond acceptors (Lipinski definition) is 4. The third kappa shape index (κ3) is 4.04. The van der Waals surface area contributed by atoms with Gasteiger partial charge in [0, 0.05) is 12.1 Å². The zero-order valence-electron chi connectivity index (χ0n) is 11.1. The summed E-state index contributed by atoms with van der Waals surface area (Å²) >= 11 is 0. The summed E-state index contributed by atoms with van der Waals surface area (Å²) in [6, 6.07) is 5.35. The highest BCUT2D eigenvalue weighted by molar-refractivity contribution is 7.89. The lowest BCUT2D eigenvalue weighted by molar-refractivity contribution is -0.140. The standard InChI is InChI=1S/C12H16N2O5S/c1-8(12(16)17)7-14-11(15)9-3-5-10(6-4-9)20(18,19)13-2/h3-6,8,13H,7H2,1-2H3,(H,14,15)(H,16,17). The second kappa shape index (κ2) is 6.49. The quantitative estimate of drug-likeness (QED) is 0.687. The lowest BCUT2D eigenvalue weighted by Gasteiger charge is -2.09. The number of amides is 1. The Morgan fingerprint density at radius 1 is 1.25 bits per heavy atom. The Bertz CT molecular complexity index is 595. The SMILES string of the molecule is CNS(=O)(=O)c1ccc(C(=O)NCC(C)C(=O)O)cc1. The number of rotatable bonds is 6. The molecule has 0 bridgehead atoms. The van der Waals surface area contributed by atoms with Gasteiger partial charge in [-0.25, -0.2) is 13.1 Å². The molecule has 20 heavy (non-hydrogen) atoms. The first kappa shape index (κ1) is 16.1. The van der Waals surface area contributed by atoms with E-state index in [4.69, 9.17) is 5.11 Å². The molecule has 0 aliphatic carbocycles. The van der Waals surface area contributed by atoms with Gasteiger partial charge in [-0.05, 0) is 31.3 Å². The van der Waals surface area contributed by atoms with Crippen LogP contribution >= 0.6 is 0 Å². The minimum atomic E-state index is -3.54. The van der Waals surface area contributed by atoms with Crippen molar-refractivity contribution in [3.8, 4) is 0 Å². The average molecular weight is 300 g/mol. The molecular formula is C12H16N2O5S. The molecule has 3 N–H and O–H groups in total. The van der Waals surface area contributed by atoms with Crippen molar-refractivity contribution in [3.05, 3.63) is 29.8 Å². The molecular weight excluding hydrogens is 284 g/mol. The van der Waals surface area contributed by atoms with E-state index in [1.807, 2.05) is 0 Å². The van der Waals surface area contributed by atoms with Gasteiger partial charge in [-0.1, -0.05) is 6.92 Å². The van der Waals surface area contributed by atoms with Crippen molar-refractivity contribution < 1.29 is 23.1 Å². The van der Waals surface area contributed by atoms with E-state index in [1.165, 1.54) is 38.2 Å². The summed E-state index contributed by atoms with van der Waals surface area (Å²) in [5.74, 6) is -2.14. The third-order valence-corrected chi connectivity index (χ3v) is 4.12. The van der Waals surface area contributed by atoms with Crippen LogP contribution in [0.2, 0.25) is 0 Å². The van der Waals surface area contributed by atoms with Crippen molar-refractivity contribution in [2.45, 2.75) is 11.8 Å². The molecule has 1 unspecified atom stereocenters. The van der Waals surface area contributed by atoms with Gasteiger partial charge in [0.15, 0.2) is 0 Å². The molecule has 110 valence electrons. The first-order valence-electron chi connectivity index (χ1n) is 5.82. The first-order chi connectivity index (χ1) is 9.27. The first-order valence-corrected chi connectivity index (χ1v) is 7.31. The predicted molar refractivity (Wildman–Crippen MR) is 71.8 cm³/mol. The molecule has 1 amide bonds. The van der Waals surface area contributed by atoms with Gasteiger partial charge < -0.3 is 10.4 Å². The van der Waals surface area contributed by atoms with Crippen LogP contribution in [0.4, 0.5) is 0 Å². The summed E-state index contributed by atoms with van der Waals surface area (Å²) in [6.07, 6.45) is 0. The predicted octanol–water partition coefficient (Wildman–Crippen LogP) is 0.0452. The molecule has 1 aromatic carbocycles. The van der Waals surface area contributed by atoms with E-state index in [0.717, 1.165) is 0 Å². The molecule has 0 aromatic heterocycles. The van der Waals surface area contributed by atoms with Crippen molar-refractivity contribution >= 4 is 21.9 Å². The minimum absolute atomic E-state index is 0.00469. The maximum atomic E-state index is 11.7. The second-order valence-electron chi connectivity index (χ2n) is 4.18. The summed E-state index contributed by atoms with van der Waals surface area (Å²) in [5, 5.41) is 11.2. The van der Waals surface area contributed by atoms with Crippen LogP contribution in [0.1, 0.15) is 17.3 Å². The average Bonchev–Trinajstić information content (AvgIpc) is 2.44. The molecule has 7 nitrogen and oxygen atoms in total. The number of nitrogens with one attached hydrogen (secondary N) is 2. The van der Waals surface area contributed by atoms with Crippen molar-refractivity contribution in [1.82, 2.24) is 10.0 Å². The molecule has 0 radical (unpaired) electrons. The zero-order chi connectivity index (χ0) is 15.3. The highest BCUT2D eigenvalue weighted by atomic mass is 32.2. The number of sulfonamides is 1. The van der Waals surface area contributed by atoms with Crippen LogP contribution in [0.3, 0.4) is 0 Å². The van der Waals surface area contributed by atoms with Gasteiger partial charge in [0.05, 0.1) is 10.8 Å². The van der Waals surface area contributed by atoms with Gasteiger partial charge in [0.2, 0.25) is 10.0 Å². The molecule has 0 saturated carbocycles. The molecule has 0 saturated heterocycles. The highest BCUT2D eigenvalue weighted by Gasteiger charge is 2.15. The minimum Gasteiger partial charge on any atom is -0.481 e. The van der Waals surface area contributed by atoms with E-state index in [-0.39, 0.29) is 17.0 Å². The van der Waals surface area contributed by atoms with Crippen LogP contribution in [-0.2, 0) is 14.8 Å². The molecule has 0 fully saturated rings. The molecule has 0 heterocycles. The fourth-order valence-corrected chi connectivity index (χ4v) is 2.07. The van der Waals surface area contributed by atoms with E-state index >= 15 is 0 Å². The lowest BCUT2D eigenvalue weighted by Crippen LogP contribution is -2.31. The molecule has 1 rings (SSSR count). The Hall–Kier alpha value is -1.93. The van der Waals surface area contributed by atoms with Crippen LogP contribution in [0, 0.1) is 5.92 Å². The summed E-state index contributed by atoms with van der Waals surface area (Å²) < 4.78 is 25.2. The number of benzene rings is 1. The van der Waals surface area contributed by atoms with Gasteiger partial charge in [0.25, 0.3) is 5.91 Å². The topological polar surface area (TPSA) is 113 Å². The summed E-state index contributed by atoms with van der Waals surface area (Å²) in [4.78, 5) is 22.4. The maximum Gasteiger partial charge on any atom is 0.308 e. The smallest absolute Gasteiger partial charge is 0.308 e. The Balaban J connectivity index is 2.74. The molecule has 1 atom stereocenters. The zero-order valence-corrected chi connectivity index (χ0v) is 11.9. The normalized spacial score (nSPS) is 12.7. The Morgan fingerprint density at radius 2 is 1.80 bits per heavy atom. The van der Waals surface area contributed by atoms with Gasteiger partial charge in [0.1, 0.15) is 0 Å². The summed E-state index contributed by atoms with van der Waals surface area (Å²) in [7, 11) is -2.24. The van der Waals surface area contributed by atoms with Crippen LogP contribution in [0.25, 0.3) is 0 Å². The molecule has 0 spiro atoms. The van der Waals surface area contributed by atoms with Gasteiger partial charge in [-0.3, -0.25) is 9.59 Å². The van der Waals surface area contributed by atoms with Gasteiger partial charge in [-0.2, -0.15) is 0 Å². The number of aliphatic carboxylic acids is 1. The Kier molecular flexibility index (Phi) is 5.23. The van der Waals surface area contributed by atoms with Crippen molar-refractivity contribution in [2.24, 2.45) is 5.92 Å². The van der Waals surface area contributed by atoms with E-state index in [9.17, 15) is 18.0 Å². The van der Waals surface area contributed by atoms with Crippen molar-refractivity contribution in [3.63, 3.8) is 0 Å². The fourth-order valence-electron chi connectivity index (χ4n) is 1.34. The number of carboxylic acid groups (broad SMARTS) is 1. The van der Waals surface area contributed by atoms with E-state index in [2.05, 4.69) is 10.0 Å². The van der Waals surface area contributed by atoms with Crippen LogP contribution < -0.4 is 10.0 Å². The Labute approximate surface area is 117 Å². The van der Waals surface area contributed by atoms with Crippen LogP contribution in [-0.4, -0.2) is 39.0 Å². The highest BCUT2D eigenvalue weighted by Crippen LogP contribution is 2.10. The molecule has 0 aliphatic rings. The fraction of sp³-hybridized carbons (Fsp3) is 0.333. The third-order valence-electron chi connectivity index (χ3n) is 2.69. The van der Waals surface area contributed by atoms with Gasteiger partial charge in [-0.15, -0.1) is 0 Å². The monoisotopic (exact) mass is 300 g/mol. The van der Waals surface area contributed by atoms with E-state index in [1.54, 1.807) is 0 Å². The largest absolute Gasteiger partial charge is 0.481 e. The maximum absolute atomic E-state index is 11.7. The van der Waals surface area contributed by atoms with Crippen molar-refractivity contribution in [2.75, 3.05) is 13.6 Å². The van der Waals surface area contributed by atoms with Gasteiger partial charge >= 0.3 is 5.97 Å². The van der Waals surface area contributed by atoms with Crippen molar-refractivity contribution in [1.29, 1.82) is 0 Å². The van der Waals surface area contributed by atoms with E-state index < -0.39 is 27.8 Å². The number of carbonyl (C=O) groups excluding carboxylic acids is 1. The summed E-state index contributed by atoms with van der Waals surface area (Å²) in [5.41, 5.74) is 0.262. The summed E-state index contributed by atoms with van der Waals surface area (Å²) in [6.45, 7) is 1.48. The molecule has 1 aromatic rings. The Morgan fingerprint density at radius 3 is 2.25 bits per heavy atom. The molecule has 8 heteroatoms.